The lowest BCUT2D eigenvalue weighted by molar-refractivity contribution is 0.0675. The lowest BCUT2D eigenvalue weighted by Crippen LogP contribution is -2.31. The second-order valence-corrected chi connectivity index (χ2v) is 6.57. The number of likely N-dealkylation sites (N-methyl/N-ethyl adjacent to an activating group) is 1. The molecule has 0 aliphatic heterocycles. The van der Waals surface area contributed by atoms with Crippen LogP contribution in [-0.4, -0.2) is 44.5 Å². The number of aromatic nitrogens is 3. The summed E-state index contributed by atoms with van der Waals surface area (Å²) in [6.07, 6.45) is 2.80. The second kappa shape index (κ2) is 9.09. The highest BCUT2D eigenvalue weighted by molar-refractivity contribution is 5.91. The summed E-state index contributed by atoms with van der Waals surface area (Å²) in [5.74, 6) is -0.251. The van der Waals surface area contributed by atoms with Crippen molar-refractivity contribution in [2.45, 2.75) is 25.5 Å². The zero-order valence-corrected chi connectivity index (χ0v) is 15.4. The Balaban J connectivity index is 1.51. The molecule has 27 heavy (non-hydrogen) atoms. The van der Waals surface area contributed by atoms with Crippen molar-refractivity contribution in [3.63, 3.8) is 0 Å². The van der Waals surface area contributed by atoms with Gasteiger partial charge in [0.05, 0.1) is 18.8 Å². The van der Waals surface area contributed by atoms with E-state index in [2.05, 4.69) is 22.4 Å². The summed E-state index contributed by atoms with van der Waals surface area (Å²) in [5, 5.41) is 18.3. The van der Waals surface area contributed by atoms with Crippen LogP contribution in [0.25, 0.3) is 0 Å². The van der Waals surface area contributed by atoms with Gasteiger partial charge in [0.15, 0.2) is 5.69 Å². The molecule has 6 nitrogen and oxygen atoms in total. The quantitative estimate of drug-likeness (QED) is 0.667. The number of benzene rings is 2. The van der Waals surface area contributed by atoms with Gasteiger partial charge in [-0.2, -0.15) is 0 Å². The molecule has 0 bridgehead atoms. The molecule has 0 radical (unpaired) electrons. The first-order valence-corrected chi connectivity index (χ1v) is 9.06. The first-order chi connectivity index (χ1) is 13.1. The maximum absolute atomic E-state index is 12.5. The Labute approximate surface area is 159 Å². The van der Waals surface area contributed by atoms with Gasteiger partial charge in [-0.1, -0.05) is 65.9 Å². The average molecular weight is 364 g/mol. The van der Waals surface area contributed by atoms with Gasteiger partial charge in [0.2, 0.25) is 0 Å². The van der Waals surface area contributed by atoms with Crippen LogP contribution < -0.4 is 0 Å². The van der Waals surface area contributed by atoms with Crippen LogP contribution in [0.5, 0.6) is 0 Å². The summed E-state index contributed by atoms with van der Waals surface area (Å²) in [5.41, 5.74) is 2.35. The van der Waals surface area contributed by atoms with Crippen molar-refractivity contribution in [2.24, 2.45) is 0 Å². The van der Waals surface area contributed by atoms with Gasteiger partial charge in [-0.3, -0.25) is 9.48 Å². The Morgan fingerprint density at radius 1 is 1.11 bits per heavy atom. The average Bonchev–Trinajstić information content (AvgIpc) is 3.17. The minimum atomic E-state index is -0.735. The van der Waals surface area contributed by atoms with Crippen LogP contribution in [0.4, 0.5) is 0 Å². The van der Waals surface area contributed by atoms with E-state index in [0.717, 1.165) is 18.4 Å². The fraction of sp³-hybridized carbons (Fsp3) is 0.286. The standard InChI is InChI=1S/C21H24N4O2/c1-24(16-20(26)18-12-6-3-7-13-18)21(27)19-15-25(23-22-19)14-8-11-17-9-4-2-5-10-17/h2-7,9-10,12-13,15,20,26H,8,11,14,16H2,1H3. The van der Waals surface area contributed by atoms with E-state index in [4.69, 9.17) is 0 Å². The molecule has 1 aromatic heterocycles. The van der Waals surface area contributed by atoms with Crippen molar-refractivity contribution in [3.05, 3.63) is 83.7 Å². The maximum atomic E-state index is 12.5. The first-order valence-electron chi connectivity index (χ1n) is 9.06. The van der Waals surface area contributed by atoms with Crippen molar-refractivity contribution < 1.29 is 9.90 Å². The van der Waals surface area contributed by atoms with E-state index in [1.54, 1.807) is 17.9 Å². The lowest BCUT2D eigenvalue weighted by Gasteiger charge is -2.20. The van der Waals surface area contributed by atoms with E-state index in [1.165, 1.54) is 10.5 Å². The highest BCUT2D eigenvalue weighted by Crippen LogP contribution is 2.14. The monoisotopic (exact) mass is 364 g/mol. The third-order valence-corrected chi connectivity index (χ3v) is 4.43. The van der Waals surface area contributed by atoms with Crippen LogP contribution >= 0.6 is 0 Å². The molecule has 6 heteroatoms. The molecule has 1 amide bonds. The van der Waals surface area contributed by atoms with Gasteiger partial charge in [0, 0.05) is 13.6 Å². The summed E-state index contributed by atoms with van der Waals surface area (Å²) in [6, 6.07) is 19.6. The predicted molar refractivity (Wildman–Crippen MR) is 103 cm³/mol. The molecule has 1 unspecified atom stereocenters. The van der Waals surface area contributed by atoms with Gasteiger partial charge in [-0.25, -0.2) is 0 Å². The molecule has 0 aliphatic carbocycles. The van der Waals surface area contributed by atoms with Gasteiger partial charge in [-0.15, -0.1) is 5.10 Å². The third-order valence-electron chi connectivity index (χ3n) is 4.43. The number of carbonyl (C=O) groups is 1. The van der Waals surface area contributed by atoms with Crippen LogP contribution in [0.1, 0.15) is 34.1 Å². The van der Waals surface area contributed by atoms with Gasteiger partial charge in [0.25, 0.3) is 5.91 Å². The molecule has 1 heterocycles. The Bertz CT molecular complexity index is 849. The molecule has 3 aromatic rings. The lowest BCUT2D eigenvalue weighted by atomic mass is 10.1. The van der Waals surface area contributed by atoms with Crippen LogP contribution in [0.2, 0.25) is 0 Å². The number of rotatable bonds is 8. The molecular formula is C21H24N4O2. The van der Waals surface area contributed by atoms with E-state index < -0.39 is 6.10 Å². The third kappa shape index (κ3) is 5.24. The van der Waals surface area contributed by atoms with Gasteiger partial charge in [-0.05, 0) is 24.0 Å². The summed E-state index contributed by atoms with van der Waals surface area (Å²) >= 11 is 0. The topological polar surface area (TPSA) is 71.2 Å². The first kappa shape index (κ1) is 18.8. The highest BCUT2D eigenvalue weighted by atomic mass is 16.3. The second-order valence-electron chi connectivity index (χ2n) is 6.57. The molecule has 3 rings (SSSR count). The Morgan fingerprint density at radius 2 is 1.78 bits per heavy atom. The molecule has 0 saturated heterocycles. The molecule has 1 N–H and O–H groups in total. The molecule has 0 fully saturated rings. The van der Waals surface area contributed by atoms with Gasteiger partial charge in [0.1, 0.15) is 0 Å². The number of nitrogens with zero attached hydrogens (tertiary/aromatic N) is 4. The number of hydrogen-bond acceptors (Lipinski definition) is 4. The molecule has 0 aliphatic rings. The minimum Gasteiger partial charge on any atom is -0.387 e. The summed E-state index contributed by atoms with van der Waals surface area (Å²) in [7, 11) is 1.66. The van der Waals surface area contributed by atoms with E-state index in [1.807, 2.05) is 48.5 Å². The number of amides is 1. The van der Waals surface area contributed by atoms with E-state index in [9.17, 15) is 9.90 Å². The highest BCUT2D eigenvalue weighted by Gasteiger charge is 2.19. The number of hydrogen-bond donors (Lipinski definition) is 1. The molecular weight excluding hydrogens is 340 g/mol. The van der Waals surface area contributed by atoms with Gasteiger partial charge < -0.3 is 10.0 Å². The number of carbonyl (C=O) groups excluding carboxylic acids is 1. The number of aryl methyl sites for hydroxylation is 2. The molecule has 1 atom stereocenters. The fourth-order valence-corrected chi connectivity index (χ4v) is 2.91. The van der Waals surface area contributed by atoms with E-state index in [0.29, 0.717) is 6.54 Å². The Morgan fingerprint density at radius 3 is 2.48 bits per heavy atom. The van der Waals surface area contributed by atoms with E-state index in [-0.39, 0.29) is 18.1 Å². The fourth-order valence-electron chi connectivity index (χ4n) is 2.91. The van der Waals surface area contributed by atoms with Gasteiger partial charge >= 0.3 is 0 Å². The maximum Gasteiger partial charge on any atom is 0.275 e. The smallest absolute Gasteiger partial charge is 0.275 e. The van der Waals surface area contributed by atoms with Crippen LogP contribution in [-0.2, 0) is 13.0 Å². The minimum absolute atomic E-state index is 0.198. The number of aliphatic hydroxyl groups is 1. The molecule has 0 saturated carbocycles. The predicted octanol–water partition coefficient (Wildman–Crippen LogP) is 2.72. The SMILES string of the molecule is CN(CC(O)c1ccccc1)C(=O)c1cn(CCCc2ccccc2)nn1. The number of aliphatic hydroxyl groups excluding tert-OH is 1. The summed E-state index contributed by atoms with van der Waals surface area (Å²) < 4.78 is 1.69. The summed E-state index contributed by atoms with van der Waals surface area (Å²) in [6.45, 7) is 0.898. The van der Waals surface area contributed by atoms with Crippen molar-refractivity contribution >= 4 is 5.91 Å². The normalized spacial score (nSPS) is 11.9. The molecule has 140 valence electrons. The molecule has 2 aromatic carbocycles. The van der Waals surface area contributed by atoms with Crippen LogP contribution in [0.3, 0.4) is 0 Å². The Kier molecular flexibility index (Phi) is 6.33. The van der Waals surface area contributed by atoms with Crippen molar-refractivity contribution in [1.29, 1.82) is 0 Å². The van der Waals surface area contributed by atoms with Crippen LogP contribution in [0, 0.1) is 0 Å². The largest absolute Gasteiger partial charge is 0.387 e. The zero-order valence-electron chi connectivity index (χ0n) is 15.4. The molecule has 0 spiro atoms. The van der Waals surface area contributed by atoms with Crippen molar-refractivity contribution in [2.75, 3.05) is 13.6 Å². The van der Waals surface area contributed by atoms with Crippen molar-refractivity contribution in [1.82, 2.24) is 19.9 Å². The van der Waals surface area contributed by atoms with Crippen LogP contribution in [0.15, 0.2) is 66.9 Å². The van der Waals surface area contributed by atoms with Crippen molar-refractivity contribution in [3.8, 4) is 0 Å². The zero-order chi connectivity index (χ0) is 19.1. The van der Waals surface area contributed by atoms with E-state index >= 15 is 0 Å². The summed E-state index contributed by atoms with van der Waals surface area (Å²) in [4.78, 5) is 14.0. The Hall–Kier alpha value is -2.99.